The molecule has 1 aliphatic rings. The SMILES string of the molecule is CC(NC(=O)CN1CCOC(CO)C1)c1ccc(F)cc1. The molecule has 1 aromatic carbocycles. The van der Waals surface area contributed by atoms with Crippen molar-refractivity contribution in [1.29, 1.82) is 0 Å². The zero-order valence-electron chi connectivity index (χ0n) is 12.1. The molecule has 0 saturated carbocycles. The zero-order chi connectivity index (χ0) is 15.2. The van der Waals surface area contributed by atoms with Crippen molar-refractivity contribution in [2.75, 3.05) is 32.8 Å². The van der Waals surface area contributed by atoms with Crippen molar-refractivity contribution in [1.82, 2.24) is 10.2 Å². The molecule has 1 aromatic rings. The Kier molecular flexibility index (Phi) is 5.67. The lowest BCUT2D eigenvalue weighted by Gasteiger charge is -2.31. The molecule has 21 heavy (non-hydrogen) atoms. The minimum absolute atomic E-state index is 0.0376. The van der Waals surface area contributed by atoms with Gasteiger partial charge in [0.25, 0.3) is 0 Å². The minimum Gasteiger partial charge on any atom is -0.394 e. The molecule has 0 bridgehead atoms. The topological polar surface area (TPSA) is 61.8 Å². The van der Waals surface area contributed by atoms with Crippen LogP contribution in [0.1, 0.15) is 18.5 Å². The van der Waals surface area contributed by atoms with Gasteiger partial charge in [0.15, 0.2) is 0 Å². The Morgan fingerprint density at radius 3 is 2.90 bits per heavy atom. The number of hydrogen-bond acceptors (Lipinski definition) is 4. The van der Waals surface area contributed by atoms with Crippen molar-refractivity contribution >= 4 is 5.91 Å². The fourth-order valence-electron chi connectivity index (χ4n) is 2.36. The summed E-state index contributed by atoms with van der Waals surface area (Å²) in [4.78, 5) is 14.0. The third kappa shape index (κ3) is 4.77. The summed E-state index contributed by atoms with van der Waals surface area (Å²) in [6.45, 7) is 3.84. The lowest BCUT2D eigenvalue weighted by molar-refractivity contribution is -0.125. The van der Waals surface area contributed by atoms with Crippen molar-refractivity contribution in [2.45, 2.75) is 19.1 Å². The van der Waals surface area contributed by atoms with E-state index in [2.05, 4.69) is 5.32 Å². The van der Waals surface area contributed by atoms with Crippen LogP contribution in [0.2, 0.25) is 0 Å². The summed E-state index contributed by atoms with van der Waals surface area (Å²) in [7, 11) is 0. The molecule has 5 nitrogen and oxygen atoms in total. The number of carbonyl (C=O) groups excluding carboxylic acids is 1. The van der Waals surface area contributed by atoms with Crippen molar-refractivity contribution in [3.05, 3.63) is 35.6 Å². The first-order valence-electron chi connectivity index (χ1n) is 7.08. The zero-order valence-corrected chi connectivity index (χ0v) is 12.1. The normalized spacial score (nSPS) is 21.0. The molecule has 0 aliphatic carbocycles. The van der Waals surface area contributed by atoms with E-state index >= 15 is 0 Å². The van der Waals surface area contributed by atoms with E-state index in [0.29, 0.717) is 19.7 Å². The van der Waals surface area contributed by atoms with Gasteiger partial charge in [0.1, 0.15) is 5.82 Å². The Labute approximate surface area is 123 Å². The number of nitrogens with one attached hydrogen (secondary N) is 1. The molecule has 116 valence electrons. The molecular formula is C15H21FN2O3. The van der Waals surface area contributed by atoms with Gasteiger partial charge in [0, 0.05) is 13.1 Å². The van der Waals surface area contributed by atoms with Crippen LogP contribution in [-0.2, 0) is 9.53 Å². The molecule has 1 fully saturated rings. The van der Waals surface area contributed by atoms with Crippen LogP contribution in [0.5, 0.6) is 0 Å². The fourth-order valence-corrected chi connectivity index (χ4v) is 2.36. The average Bonchev–Trinajstić information content (AvgIpc) is 2.47. The van der Waals surface area contributed by atoms with Gasteiger partial charge in [-0.15, -0.1) is 0 Å². The van der Waals surface area contributed by atoms with Crippen molar-refractivity contribution in [3.63, 3.8) is 0 Å². The second kappa shape index (κ2) is 7.49. The number of aliphatic hydroxyl groups is 1. The highest BCUT2D eigenvalue weighted by Gasteiger charge is 2.22. The first kappa shape index (κ1) is 15.9. The Balaban J connectivity index is 1.82. The van der Waals surface area contributed by atoms with Crippen LogP contribution in [0.4, 0.5) is 4.39 Å². The molecular weight excluding hydrogens is 275 g/mol. The number of morpholine rings is 1. The Morgan fingerprint density at radius 1 is 1.52 bits per heavy atom. The number of benzene rings is 1. The summed E-state index contributed by atoms with van der Waals surface area (Å²) in [6.07, 6.45) is -0.221. The van der Waals surface area contributed by atoms with Gasteiger partial charge in [0.05, 0.1) is 31.9 Å². The number of aliphatic hydroxyl groups excluding tert-OH is 1. The lowest BCUT2D eigenvalue weighted by atomic mass is 10.1. The van der Waals surface area contributed by atoms with Crippen LogP contribution in [-0.4, -0.2) is 54.9 Å². The number of carbonyl (C=O) groups is 1. The third-order valence-electron chi connectivity index (χ3n) is 3.54. The molecule has 2 atom stereocenters. The highest BCUT2D eigenvalue weighted by Crippen LogP contribution is 2.13. The molecule has 1 amide bonds. The Morgan fingerprint density at radius 2 is 2.24 bits per heavy atom. The Hall–Kier alpha value is -1.50. The van der Waals surface area contributed by atoms with E-state index in [0.717, 1.165) is 5.56 Å². The van der Waals surface area contributed by atoms with E-state index in [1.165, 1.54) is 12.1 Å². The fraction of sp³-hybridized carbons (Fsp3) is 0.533. The lowest BCUT2D eigenvalue weighted by Crippen LogP contribution is -2.48. The number of ether oxygens (including phenoxy) is 1. The molecule has 6 heteroatoms. The van der Waals surface area contributed by atoms with Crippen molar-refractivity contribution in [2.24, 2.45) is 0 Å². The summed E-state index contributed by atoms with van der Waals surface area (Å²) >= 11 is 0. The number of rotatable bonds is 5. The van der Waals surface area contributed by atoms with Gasteiger partial charge in [0.2, 0.25) is 5.91 Å². The van der Waals surface area contributed by atoms with Crippen LogP contribution in [0.25, 0.3) is 0 Å². The van der Waals surface area contributed by atoms with E-state index in [1.807, 2.05) is 11.8 Å². The van der Waals surface area contributed by atoms with Crippen molar-refractivity contribution < 1.29 is 19.0 Å². The maximum atomic E-state index is 12.9. The monoisotopic (exact) mass is 296 g/mol. The summed E-state index contributed by atoms with van der Waals surface area (Å²) < 4.78 is 18.2. The van der Waals surface area contributed by atoms with Gasteiger partial charge in [-0.2, -0.15) is 0 Å². The highest BCUT2D eigenvalue weighted by atomic mass is 19.1. The van der Waals surface area contributed by atoms with Crippen LogP contribution in [0, 0.1) is 5.82 Å². The molecule has 0 aromatic heterocycles. The third-order valence-corrected chi connectivity index (χ3v) is 3.54. The Bertz CT molecular complexity index is 466. The average molecular weight is 296 g/mol. The second-order valence-electron chi connectivity index (χ2n) is 5.25. The minimum atomic E-state index is -0.291. The molecule has 1 aliphatic heterocycles. The van der Waals surface area contributed by atoms with Gasteiger partial charge in [-0.1, -0.05) is 12.1 Å². The van der Waals surface area contributed by atoms with Gasteiger partial charge in [-0.25, -0.2) is 4.39 Å². The van der Waals surface area contributed by atoms with Gasteiger partial charge < -0.3 is 15.2 Å². The van der Waals surface area contributed by atoms with Gasteiger partial charge in [-0.3, -0.25) is 9.69 Å². The molecule has 0 radical (unpaired) electrons. The van der Waals surface area contributed by atoms with E-state index < -0.39 is 0 Å². The second-order valence-corrected chi connectivity index (χ2v) is 5.25. The first-order chi connectivity index (χ1) is 10.1. The van der Waals surface area contributed by atoms with Crippen LogP contribution < -0.4 is 5.32 Å². The van der Waals surface area contributed by atoms with Gasteiger partial charge in [-0.05, 0) is 24.6 Å². The first-order valence-corrected chi connectivity index (χ1v) is 7.08. The number of hydrogen-bond donors (Lipinski definition) is 2. The molecule has 1 heterocycles. The largest absolute Gasteiger partial charge is 0.394 e. The number of halogens is 1. The molecule has 2 rings (SSSR count). The maximum Gasteiger partial charge on any atom is 0.234 e. The standard InChI is InChI=1S/C15H21FN2O3/c1-11(12-2-4-13(16)5-3-12)17-15(20)9-18-6-7-21-14(8-18)10-19/h2-5,11,14,19H,6-10H2,1H3,(H,17,20). The van der Waals surface area contributed by atoms with E-state index in [1.54, 1.807) is 12.1 Å². The highest BCUT2D eigenvalue weighted by molar-refractivity contribution is 5.78. The molecule has 2 N–H and O–H groups in total. The number of nitrogens with zero attached hydrogens (tertiary/aromatic N) is 1. The summed E-state index contributed by atoms with van der Waals surface area (Å²) in [5.41, 5.74) is 0.861. The summed E-state index contributed by atoms with van der Waals surface area (Å²) in [5.74, 6) is -0.383. The summed E-state index contributed by atoms with van der Waals surface area (Å²) in [6, 6.07) is 5.92. The van der Waals surface area contributed by atoms with E-state index in [-0.39, 0.29) is 37.0 Å². The predicted molar refractivity (Wildman–Crippen MR) is 76.2 cm³/mol. The van der Waals surface area contributed by atoms with Crippen LogP contribution in [0.15, 0.2) is 24.3 Å². The van der Waals surface area contributed by atoms with Crippen LogP contribution >= 0.6 is 0 Å². The maximum absolute atomic E-state index is 12.9. The van der Waals surface area contributed by atoms with Crippen LogP contribution in [0.3, 0.4) is 0 Å². The molecule has 1 saturated heterocycles. The predicted octanol–water partition coefficient (Wildman–Crippen LogP) is 0.696. The van der Waals surface area contributed by atoms with E-state index in [4.69, 9.17) is 9.84 Å². The number of amides is 1. The van der Waals surface area contributed by atoms with Crippen molar-refractivity contribution in [3.8, 4) is 0 Å². The quantitative estimate of drug-likeness (QED) is 0.839. The van der Waals surface area contributed by atoms with Gasteiger partial charge >= 0.3 is 0 Å². The van der Waals surface area contributed by atoms with E-state index in [9.17, 15) is 9.18 Å². The molecule has 0 spiro atoms. The summed E-state index contributed by atoms with van der Waals surface area (Å²) in [5, 5.41) is 12.0. The smallest absolute Gasteiger partial charge is 0.234 e. The molecule has 2 unspecified atom stereocenters.